The van der Waals surface area contributed by atoms with E-state index in [1.54, 1.807) is 37.8 Å². The van der Waals surface area contributed by atoms with Crippen molar-refractivity contribution in [3.63, 3.8) is 0 Å². The molecule has 0 aliphatic carbocycles. The third kappa shape index (κ3) is 4.71. The normalized spacial score (nSPS) is 15.3. The van der Waals surface area contributed by atoms with E-state index in [0.717, 1.165) is 21.8 Å². The zero-order valence-electron chi connectivity index (χ0n) is 20.0. The first-order valence-corrected chi connectivity index (χ1v) is 13.0. The fourth-order valence-electron chi connectivity index (χ4n) is 3.98. The molecule has 4 rings (SSSR count). The molecule has 0 saturated carbocycles. The fraction of sp³-hybridized carbons (Fsp3) is 0.240. The van der Waals surface area contributed by atoms with Crippen LogP contribution in [0.1, 0.15) is 31.0 Å². The molecule has 36 heavy (non-hydrogen) atoms. The highest BCUT2D eigenvalue weighted by molar-refractivity contribution is 7.98. The Morgan fingerprint density at radius 3 is 2.61 bits per heavy atom. The first-order chi connectivity index (χ1) is 17.3. The molecule has 1 atom stereocenters. The molecule has 11 heteroatoms. The number of aromatic nitrogens is 1. The lowest BCUT2D eigenvalue weighted by atomic mass is 9.96. The molecule has 0 bridgehead atoms. The minimum absolute atomic E-state index is 0.127. The Morgan fingerprint density at radius 2 is 2.00 bits per heavy atom. The molecule has 186 valence electrons. The third-order valence-corrected chi connectivity index (χ3v) is 7.37. The van der Waals surface area contributed by atoms with Crippen LogP contribution in [0.3, 0.4) is 0 Å². The SMILES string of the molecule is CCOC(=O)C1=C(C)N=c2s/c(=C\c3ccc(OC)c([N+](=O)[O-])c3)c(=O)n2[C@@H]1c1ccc(SC)cc1. The molecule has 2 heterocycles. The summed E-state index contributed by atoms with van der Waals surface area (Å²) in [5.41, 5.74) is 1.43. The largest absolute Gasteiger partial charge is 0.490 e. The summed E-state index contributed by atoms with van der Waals surface area (Å²) in [7, 11) is 1.36. The average Bonchev–Trinajstić information content (AvgIpc) is 3.17. The number of thioether (sulfide) groups is 1. The lowest BCUT2D eigenvalue weighted by molar-refractivity contribution is -0.385. The van der Waals surface area contributed by atoms with E-state index in [4.69, 9.17) is 9.47 Å². The predicted molar refractivity (Wildman–Crippen MR) is 138 cm³/mol. The molecule has 0 N–H and O–H groups in total. The second kappa shape index (κ2) is 10.5. The number of thiazole rings is 1. The number of carbonyl (C=O) groups excluding carboxylic acids is 1. The summed E-state index contributed by atoms with van der Waals surface area (Å²) < 4.78 is 12.2. The lowest BCUT2D eigenvalue weighted by Gasteiger charge is -2.24. The molecule has 0 unspecified atom stereocenters. The predicted octanol–water partition coefficient (Wildman–Crippen LogP) is 3.44. The molecule has 0 amide bonds. The Balaban J connectivity index is 1.92. The number of carbonyl (C=O) groups is 1. The molecule has 0 fully saturated rings. The van der Waals surface area contributed by atoms with Gasteiger partial charge >= 0.3 is 11.7 Å². The summed E-state index contributed by atoms with van der Waals surface area (Å²) >= 11 is 2.74. The second-order valence-electron chi connectivity index (χ2n) is 7.76. The van der Waals surface area contributed by atoms with E-state index in [1.807, 2.05) is 30.5 Å². The van der Waals surface area contributed by atoms with Crippen LogP contribution >= 0.6 is 23.1 Å². The Morgan fingerprint density at radius 1 is 1.28 bits per heavy atom. The third-order valence-electron chi connectivity index (χ3n) is 5.65. The Bertz CT molecular complexity index is 1550. The molecule has 2 aromatic carbocycles. The van der Waals surface area contributed by atoms with Crippen molar-refractivity contribution in [3.8, 4) is 5.75 Å². The maximum absolute atomic E-state index is 13.6. The van der Waals surface area contributed by atoms with Crippen molar-refractivity contribution in [1.82, 2.24) is 4.57 Å². The quantitative estimate of drug-likeness (QED) is 0.201. The zero-order valence-corrected chi connectivity index (χ0v) is 21.6. The van der Waals surface area contributed by atoms with Gasteiger partial charge < -0.3 is 9.47 Å². The molecule has 9 nitrogen and oxygen atoms in total. The number of nitrogens with zero attached hydrogens (tertiary/aromatic N) is 3. The summed E-state index contributed by atoms with van der Waals surface area (Å²) in [5, 5.41) is 11.4. The van der Waals surface area contributed by atoms with Crippen LogP contribution in [0.15, 0.2) is 68.4 Å². The highest BCUT2D eigenvalue weighted by atomic mass is 32.2. The lowest BCUT2D eigenvalue weighted by Crippen LogP contribution is -2.39. The molecule has 1 aliphatic rings. The van der Waals surface area contributed by atoms with Crippen molar-refractivity contribution >= 4 is 40.8 Å². The maximum Gasteiger partial charge on any atom is 0.338 e. The Kier molecular flexibility index (Phi) is 7.41. The molecule has 1 aromatic heterocycles. The van der Waals surface area contributed by atoms with Gasteiger partial charge in [-0.25, -0.2) is 9.79 Å². The van der Waals surface area contributed by atoms with Crippen molar-refractivity contribution in [3.05, 3.63) is 94.7 Å². The topological polar surface area (TPSA) is 113 Å². The van der Waals surface area contributed by atoms with Crippen LogP contribution in [0.4, 0.5) is 5.69 Å². The summed E-state index contributed by atoms with van der Waals surface area (Å²) in [6, 6.07) is 11.4. The number of esters is 1. The fourth-order valence-corrected chi connectivity index (χ4v) is 5.44. The van der Waals surface area contributed by atoms with E-state index in [-0.39, 0.29) is 23.6 Å². The summed E-state index contributed by atoms with van der Waals surface area (Å²) in [4.78, 5) is 43.5. The van der Waals surface area contributed by atoms with E-state index < -0.39 is 16.9 Å². The minimum Gasteiger partial charge on any atom is -0.490 e. The van der Waals surface area contributed by atoms with Crippen LogP contribution in [0.5, 0.6) is 5.75 Å². The van der Waals surface area contributed by atoms with Crippen molar-refractivity contribution in [2.45, 2.75) is 24.8 Å². The number of benzene rings is 2. The van der Waals surface area contributed by atoms with E-state index in [0.29, 0.717) is 26.2 Å². The van der Waals surface area contributed by atoms with Gasteiger partial charge in [-0.15, -0.1) is 11.8 Å². The van der Waals surface area contributed by atoms with Crippen LogP contribution in [0, 0.1) is 10.1 Å². The van der Waals surface area contributed by atoms with Gasteiger partial charge in [-0.05, 0) is 55.5 Å². The highest BCUT2D eigenvalue weighted by Crippen LogP contribution is 2.32. The molecular weight excluding hydrogens is 502 g/mol. The van der Waals surface area contributed by atoms with Crippen LogP contribution in [-0.2, 0) is 9.53 Å². The number of allylic oxidation sites excluding steroid dienone is 1. The Labute approximate surface area is 214 Å². The maximum atomic E-state index is 13.6. The molecular formula is C25H23N3O6S2. The van der Waals surface area contributed by atoms with E-state index >= 15 is 0 Å². The number of methoxy groups -OCH3 is 1. The van der Waals surface area contributed by atoms with Crippen molar-refractivity contribution in [2.75, 3.05) is 20.0 Å². The standard InChI is InChI=1S/C25H23N3O6S2/c1-5-34-24(30)21-14(2)26-25-27(22(21)16-7-9-17(35-4)10-8-16)23(29)20(36-25)13-15-6-11-19(33-3)18(12-15)28(31)32/h6-13,22H,5H2,1-4H3/b20-13-/t22-/m1/s1. The van der Waals surface area contributed by atoms with E-state index in [2.05, 4.69) is 4.99 Å². The average molecular weight is 526 g/mol. The first kappa shape index (κ1) is 25.4. The van der Waals surface area contributed by atoms with Crippen LogP contribution in [-0.4, -0.2) is 35.4 Å². The van der Waals surface area contributed by atoms with Crippen molar-refractivity contribution < 1.29 is 19.2 Å². The van der Waals surface area contributed by atoms with Gasteiger partial charge in [0.1, 0.15) is 0 Å². The molecule has 3 aromatic rings. The number of hydrogen-bond donors (Lipinski definition) is 0. The molecule has 0 spiro atoms. The van der Waals surface area contributed by atoms with Gasteiger partial charge in [-0.1, -0.05) is 29.5 Å². The van der Waals surface area contributed by atoms with Crippen molar-refractivity contribution in [1.29, 1.82) is 0 Å². The van der Waals surface area contributed by atoms with E-state index in [9.17, 15) is 19.7 Å². The number of ether oxygens (including phenoxy) is 2. The first-order valence-electron chi connectivity index (χ1n) is 10.9. The zero-order chi connectivity index (χ0) is 26.0. The van der Waals surface area contributed by atoms with E-state index in [1.165, 1.54) is 23.8 Å². The minimum atomic E-state index is -0.719. The molecule has 0 radical (unpaired) electrons. The number of rotatable bonds is 7. The Hall–Kier alpha value is -3.70. The van der Waals surface area contributed by atoms with Gasteiger partial charge in [-0.2, -0.15) is 0 Å². The number of hydrogen-bond acceptors (Lipinski definition) is 9. The van der Waals surface area contributed by atoms with Crippen LogP contribution in [0.2, 0.25) is 0 Å². The number of nitro groups is 1. The highest BCUT2D eigenvalue weighted by Gasteiger charge is 2.33. The second-order valence-corrected chi connectivity index (χ2v) is 9.65. The van der Waals surface area contributed by atoms with Crippen LogP contribution < -0.4 is 19.6 Å². The number of fused-ring (bicyclic) bond motifs is 1. The van der Waals surface area contributed by atoms with Gasteiger partial charge in [-0.3, -0.25) is 19.5 Å². The van der Waals surface area contributed by atoms with Gasteiger partial charge in [0.2, 0.25) is 0 Å². The smallest absolute Gasteiger partial charge is 0.338 e. The summed E-state index contributed by atoms with van der Waals surface area (Å²) in [5.74, 6) is -0.403. The van der Waals surface area contributed by atoms with Gasteiger partial charge in [0, 0.05) is 11.0 Å². The monoisotopic (exact) mass is 525 g/mol. The van der Waals surface area contributed by atoms with Crippen molar-refractivity contribution in [2.24, 2.45) is 4.99 Å². The molecule has 1 aliphatic heterocycles. The summed E-state index contributed by atoms with van der Waals surface area (Å²) in [6.07, 6.45) is 3.54. The molecule has 0 saturated heterocycles. The number of nitro benzene ring substituents is 1. The summed E-state index contributed by atoms with van der Waals surface area (Å²) in [6.45, 7) is 3.63. The van der Waals surface area contributed by atoms with Gasteiger partial charge in [0.15, 0.2) is 10.6 Å². The van der Waals surface area contributed by atoms with Gasteiger partial charge in [0.25, 0.3) is 5.56 Å². The van der Waals surface area contributed by atoms with Gasteiger partial charge in [0.05, 0.1) is 40.5 Å². The van der Waals surface area contributed by atoms with Crippen LogP contribution in [0.25, 0.3) is 6.08 Å².